The molecule has 1 aromatic heterocycles. The zero-order valence-corrected chi connectivity index (χ0v) is 13.3. The SMILES string of the molecule is COc1cc(Cl)c(C(N)c2cc(C)c(C)s2)cc1Cl. The molecule has 0 aliphatic carbocycles. The number of halogens is 2. The van der Waals surface area contributed by atoms with Gasteiger partial charge < -0.3 is 10.5 Å². The first-order chi connectivity index (χ1) is 8.93. The van der Waals surface area contributed by atoms with Crippen LogP contribution in [-0.4, -0.2) is 7.11 Å². The standard InChI is InChI=1S/C14H15Cl2NOS/c1-7-4-13(19-8(7)2)14(17)9-5-11(16)12(18-3)6-10(9)15/h4-6,14H,17H2,1-3H3. The van der Waals surface area contributed by atoms with Crippen molar-refractivity contribution in [3.63, 3.8) is 0 Å². The lowest BCUT2D eigenvalue weighted by Gasteiger charge is -2.14. The molecule has 0 bridgehead atoms. The molecule has 0 fully saturated rings. The van der Waals surface area contributed by atoms with Crippen LogP contribution in [0.15, 0.2) is 18.2 Å². The molecule has 1 unspecified atom stereocenters. The fourth-order valence-electron chi connectivity index (χ4n) is 1.85. The molecule has 0 saturated heterocycles. The summed E-state index contributed by atoms with van der Waals surface area (Å²) in [7, 11) is 1.56. The van der Waals surface area contributed by atoms with E-state index in [0.717, 1.165) is 10.4 Å². The van der Waals surface area contributed by atoms with Gasteiger partial charge >= 0.3 is 0 Å². The molecule has 19 heavy (non-hydrogen) atoms. The van der Waals surface area contributed by atoms with Crippen molar-refractivity contribution in [1.82, 2.24) is 0 Å². The van der Waals surface area contributed by atoms with Crippen molar-refractivity contribution in [2.75, 3.05) is 7.11 Å². The van der Waals surface area contributed by atoms with Gasteiger partial charge in [-0.25, -0.2) is 0 Å². The number of aryl methyl sites for hydroxylation is 2. The van der Waals surface area contributed by atoms with Crippen LogP contribution in [0.5, 0.6) is 5.75 Å². The van der Waals surface area contributed by atoms with Gasteiger partial charge in [0.2, 0.25) is 0 Å². The number of thiophene rings is 1. The minimum Gasteiger partial charge on any atom is -0.495 e. The second-order valence-corrected chi connectivity index (χ2v) is 6.48. The van der Waals surface area contributed by atoms with Gasteiger partial charge in [0.1, 0.15) is 5.75 Å². The molecule has 2 rings (SSSR count). The van der Waals surface area contributed by atoms with Crippen molar-refractivity contribution in [3.8, 4) is 5.75 Å². The minimum absolute atomic E-state index is 0.270. The molecule has 2 N–H and O–H groups in total. The maximum absolute atomic E-state index is 6.29. The molecule has 2 nitrogen and oxygen atoms in total. The Balaban J connectivity index is 2.44. The summed E-state index contributed by atoms with van der Waals surface area (Å²) in [6.07, 6.45) is 0. The van der Waals surface area contributed by atoms with E-state index in [1.807, 2.05) is 0 Å². The second-order valence-electron chi connectivity index (χ2n) is 4.37. The van der Waals surface area contributed by atoms with Crippen LogP contribution in [0.3, 0.4) is 0 Å². The Bertz CT molecular complexity index is 590. The Morgan fingerprint density at radius 1 is 1.16 bits per heavy atom. The van der Waals surface area contributed by atoms with E-state index in [1.165, 1.54) is 10.4 Å². The molecule has 0 saturated carbocycles. The smallest absolute Gasteiger partial charge is 0.138 e. The van der Waals surface area contributed by atoms with Gasteiger partial charge in [-0.15, -0.1) is 11.3 Å². The fourth-order valence-corrected chi connectivity index (χ4v) is 3.43. The van der Waals surface area contributed by atoms with E-state index in [9.17, 15) is 0 Å². The Morgan fingerprint density at radius 2 is 1.84 bits per heavy atom. The number of nitrogens with two attached hydrogens (primary N) is 1. The Hall–Kier alpha value is -0.740. The number of hydrogen-bond acceptors (Lipinski definition) is 3. The predicted octanol–water partition coefficient (Wildman–Crippen LogP) is 4.73. The van der Waals surface area contributed by atoms with Crippen molar-refractivity contribution < 1.29 is 4.74 Å². The summed E-state index contributed by atoms with van der Waals surface area (Å²) >= 11 is 14.1. The third-order valence-corrected chi connectivity index (χ3v) is 4.96. The summed E-state index contributed by atoms with van der Waals surface area (Å²) in [5.41, 5.74) is 8.34. The van der Waals surface area contributed by atoms with Gasteiger partial charge in [0.15, 0.2) is 0 Å². The van der Waals surface area contributed by atoms with Crippen molar-refractivity contribution >= 4 is 34.5 Å². The average molecular weight is 316 g/mol. The topological polar surface area (TPSA) is 35.2 Å². The van der Waals surface area contributed by atoms with E-state index in [1.54, 1.807) is 30.6 Å². The average Bonchev–Trinajstić information content (AvgIpc) is 2.71. The first-order valence-electron chi connectivity index (χ1n) is 5.79. The Morgan fingerprint density at radius 3 is 2.37 bits per heavy atom. The van der Waals surface area contributed by atoms with Gasteiger partial charge in [0.05, 0.1) is 18.2 Å². The number of benzene rings is 1. The van der Waals surface area contributed by atoms with Crippen LogP contribution in [0, 0.1) is 13.8 Å². The summed E-state index contributed by atoms with van der Waals surface area (Å²) in [6, 6.07) is 5.30. The van der Waals surface area contributed by atoms with Crippen LogP contribution in [0.2, 0.25) is 10.0 Å². The van der Waals surface area contributed by atoms with Gasteiger partial charge in [-0.2, -0.15) is 0 Å². The van der Waals surface area contributed by atoms with Gasteiger partial charge in [0, 0.05) is 20.8 Å². The fraction of sp³-hybridized carbons (Fsp3) is 0.286. The van der Waals surface area contributed by atoms with Crippen molar-refractivity contribution in [3.05, 3.63) is 49.1 Å². The maximum atomic E-state index is 6.29. The van der Waals surface area contributed by atoms with E-state index in [2.05, 4.69) is 19.9 Å². The summed E-state index contributed by atoms with van der Waals surface area (Å²) in [4.78, 5) is 2.35. The van der Waals surface area contributed by atoms with Crippen molar-refractivity contribution in [2.45, 2.75) is 19.9 Å². The van der Waals surface area contributed by atoms with Crippen LogP contribution in [-0.2, 0) is 0 Å². The highest BCUT2D eigenvalue weighted by Crippen LogP contribution is 2.37. The largest absolute Gasteiger partial charge is 0.495 e. The summed E-state index contributed by atoms with van der Waals surface area (Å²) in [5.74, 6) is 0.557. The Labute approximate surface area is 127 Å². The van der Waals surface area contributed by atoms with Crippen LogP contribution >= 0.6 is 34.5 Å². The second kappa shape index (κ2) is 5.71. The first kappa shape index (κ1) is 14.7. The molecule has 0 spiro atoms. The third kappa shape index (κ3) is 2.90. The van der Waals surface area contributed by atoms with Gasteiger partial charge in [-0.05, 0) is 37.1 Å². The summed E-state index contributed by atoms with van der Waals surface area (Å²) < 4.78 is 5.13. The predicted molar refractivity (Wildman–Crippen MR) is 82.8 cm³/mol. The molecular weight excluding hydrogens is 301 g/mol. The lowest BCUT2D eigenvalue weighted by Crippen LogP contribution is -2.11. The quantitative estimate of drug-likeness (QED) is 0.888. The highest BCUT2D eigenvalue weighted by molar-refractivity contribution is 7.12. The third-order valence-electron chi connectivity index (χ3n) is 3.10. The lowest BCUT2D eigenvalue weighted by molar-refractivity contribution is 0.415. The number of hydrogen-bond donors (Lipinski definition) is 1. The van der Waals surface area contributed by atoms with Crippen molar-refractivity contribution in [2.24, 2.45) is 5.73 Å². The molecule has 5 heteroatoms. The molecule has 0 radical (unpaired) electrons. The molecule has 1 heterocycles. The molecule has 102 valence electrons. The van der Waals surface area contributed by atoms with E-state index in [0.29, 0.717) is 15.8 Å². The van der Waals surface area contributed by atoms with Crippen LogP contribution in [0.4, 0.5) is 0 Å². The Kier molecular flexibility index (Phi) is 4.41. The monoisotopic (exact) mass is 315 g/mol. The normalized spacial score (nSPS) is 12.5. The highest BCUT2D eigenvalue weighted by Gasteiger charge is 2.18. The van der Waals surface area contributed by atoms with E-state index in [4.69, 9.17) is 33.7 Å². The van der Waals surface area contributed by atoms with Crippen molar-refractivity contribution in [1.29, 1.82) is 0 Å². The molecule has 2 aromatic rings. The number of methoxy groups -OCH3 is 1. The van der Waals surface area contributed by atoms with E-state index >= 15 is 0 Å². The van der Waals surface area contributed by atoms with Gasteiger partial charge in [-0.3, -0.25) is 0 Å². The highest BCUT2D eigenvalue weighted by atomic mass is 35.5. The van der Waals surface area contributed by atoms with Crippen LogP contribution in [0.1, 0.15) is 26.9 Å². The summed E-state index contributed by atoms with van der Waals surface area (Å²) in [6.45, 7) is 4.16. The minimum atomic E-state index is -0.270. The van der Waals surface area contributed by atoms with Gasteiger partial charge in [0.25, 0.3) is 0 Å². The van der Waals surface area contributed by atoms with Crippen LogP contribution in [0.25, 0.3) is 0 Å². The lowest BCUT2D eigenvalue weighted by atomic mass is 10.1. The zero-order chi connectivity index (χ0) is 14.2. The van der Waals surface area contributed by atoms with Gasteiger partial charge in [-0.1, -0.05) is 23.2 Å². The summed E-state index contributed by atoms with van der Waals surface area (Å²) in [5, 5.41) is 1.08. The first-order valence-corrected chi connectivity index (χ1v) is 7.36. The molecule has 0 aliphatic heterocycles. The molecular formula is C14H15Cl2NOS. The van der Waals surface area contributed by atoms with E-state index < -0.39 is 0 Å². The molecule has 0 aliphatic rings. The molecule has 1 aromatic carbocycles. The maximum Gasteiger partial charge on any atom is 0.138 e. The van der Waals surface area contributed by atoms with E-state index in [-0.39, 0.29) is 6.04 Å². The number of rotatable bonds is 3. The molecule has 0 amide bonds. The zero-order valence-electron chi connectivity index (χ0n) is 11.0. The van der Waals surface area contributed by atoms with Crippen LogP contribution < -0.4 is 10.5 Å². The molecule has 1 atom stereocenters. The number of ether oxygens (including phenoxy) is 1.